The molecule has 0 fully saturated rings. The minimum atomic E-state index is -0.496. The molecule has 0 bridgehead atoms. The monoisotopic (exact) mass is 523 g/mol. The van der Waals surface area contributed by atoms with Gasteiger partial charge in [-0.15, -0.1) is 0 Å². The fourth-order valence-corrected chi connectivity index (χ4v) is 4.59. The van der Waals surface area contributed by atoms with Crippen molar-refractivity contribution in [1.29, 1.82) is 0 Å². The highest BCUT2D eigenvalue weighted by Gasteiger charge is 2.22. The molecule has 0 aliphatic carbocycles. The number of rotatable bonds is 7. The van der Waals surface area contributed by atoms with Crippen LogP contribution in [-0.4, -0.2) is 34.6 Å². The second-order valence-electron chi connectivity index (χ2n) is 8.39. The van der Waals surface area contributed by atoms with E-state index in [1.165, 1.54) is 5.56 Å². The lowest BCUT2D eigenvalue weighted by Crippen LogP contribution is -2.33. The van der Waals surface area contributed by atoms with E-state index in [1.54, 1.807) is 29.2 Å². The average Bonchev–Trinajstić information content (AvgIpc) is 3.25. The van der Waals surface area contributed by atoms with Gasteiger partial charge in [0.05, 0.1) is 26.8 Å². The second kappa shape index (κ2) is 11.1. The van der Waals surface area contributed by atoms with Crippen molar-refractivity contribution < 1.29 is 14.3 Å². The number of carbonyl (C=O) groups is 2. The van der Waals surface area contributed by atoms with Crippen LogP contribution in [-0.2, 0) is 6.54 Å². The van der Waals surface area contributed by atoms with E-state index in [4.69, 9.17) is 27.9 Å². The lowest BCUT2D eigenvalue weighted by molar-refractivity contribution is 0.102. The third kappa shape index (κ3) is 5.35. The molecule has 0 saturated heterocycles. The van der Waals surface area contributed by atoms with Crippen LogP contribution in [0.15, 0.2) is 66.9 Å². The van der Waals surface area contributed by atoms with Crippen molar-refractivity contribution in [2.45, 2.75) is 27.3 Å². The van der Waals surface area contributed by atoms with Gasteiger partial charge in [0.1, 0.15) is 0 Å². The molecule has 2 amide bonds. The number of aromatic nitrogens is 1. The summed E-state index contributed by atoms with van der Waals surface area (Å²) in [5.41, 5.74) is 3.73. The van der Waals surface area contributed by atoms with Crippen molar-refractivity contribution in [1.82, 2.24) is 9.47 Å². The number of carbonyl (C=O) groups excluding carboxylic acids is 2. The molecule has 1 N–H and O–H groups in total. The van der Waals surface area contributed by atoms with Gasteiger partial charge < -0.3 is 19.5 Å². The van der Waals surface area contributed by atoms with Crippen LogP contribution < -0.4 is 10.1 Å². The van der Waals surface area contributed by atoms with Gasteiger partial charge in [0.25, 0.3) is 5.91 Å². The Kier molecular flexibility index (Phi) is 7.87. The second-order valence-corrected chi connectivity index (χ2v) is 9.21. The predicted octanol–water partition coefficient (Wildman–Crippen LogP) is 7.40. The Morgan fingerprint density at radius 1 is 0.944 bits per heavy atom. The Labute approximate surface area is 220 Å². The predicted molar refractivity (Wildman–Crippen MR) is 146 cm³/mol. The molecule has 0 unspecified atom stereocenters. The Hall–Kier alpha value is -3.48. The summed E-state index contributed by atoms with van der Waals surface area (Å²) < 4.78 is 7.81. The van der Waals surface area contributed by atoms with E-state index in [9.17, 15) is 9.59 Å². The van der Waals surface area contributed by atoms with Crippen molar-refractivity contribution in [2.75, 3.05) is 18.4 Å². The van der Waals surface area contributed by atoms with Gasteiger partial charge in [-0.25, -0.2) is 4.79 Å². The number of anilines is 1. The highest BCUT2D eigenvalue weighted by molar-refractivity contribution is 6.40. The Balaban J connectivity index is 1.76. The van der Waals surface area contributed by atoms with Crippen molar-refractivity contribution in [2.24, 2.45) is 0 Å². The molecule has 8 heteroatoms. The molecule has 0 atom stereocenters. The molecular formula is C28H27Cl2N3O3. The fraction of sp³-hybridized carbons (Fsp3) is 0.214. The third-order valence-corrected chi connectivity index (χ3v) is 6.67. The number of hydrogen-bond donors (Lipinski definition) is 1. The fourth-order valence-electron chi connectivity index (χ4n) is 4.03. The van der Waals surface area contributed by atoms with Gasteiger partial charge in [-0.3, -0.25) is 4.79 Å². The first-order chi connectivity index (χ1) is 17.3. The SMILES string of the molecule is CCN(CC)C(=O)Oc1ccc2c(ccn2Cc2ccc(C)cc2)c1NC(=O)c1c(Cl)cccc1Cl. The number of fused-ring (bicyclic) bond motifs is 1. The smallest absolute Gasteiger partial charge is 0.408 e. The number of ether oxygens (including phenoxy) is 1. The van der Waals surface area contributed by atoms with E-state index in [1.807, 2.05) is 32.2 Å². The molecule has 6 nitrogen and oxygen atoms in total. The zero-order valence-corrected chi connectivity index (χ0v) is 21.9. The van der Waals surface area contributed by atoms with Crippen LogP contribution in [0.2, 0.25) is 10.0 Å². The number of benzene rings is 3. The number of halogens is 2. The maximum atomic E-state index is 13.3. The van der Waals surface area contributed by atoms with E-state index < -0.39 is 12.0 Å². The summed E-state index contributed by atoms with van der Waals surface area (Å²) in [5.74, 6) is -0.256. The lowest BCUT2D eigenvalue weighted by atomic mass is 10.1. The average molecular weight is 524 g/mol. The number of amides is 2. The summed E-state index contributed by atoms with van der Waals surface area (Å²) in [6.45, 7) is 7.45. The summed E-state index contributed by atoms with van der Waals surface area (Å²) in [6.07, 6.45) is 1.45. The molecule has 1 heterocycles. The molecule has 0 spiro atoms. The molecule has 0 saturated carbocycles. The van der Waals surface area contributed by atoms with Crippen LogP contribution in [0, 0.1) is 6.92 Å². The summed E-state index contributed by atoms with van der Waals surface area (Å²) in [5, 5.41) is 4.08. The highest BCUT2D eigenvalue weighted by atomic mass is 35.5. The number of nitrogens with one attached hydrogen (secondary N) is 1. The van der Waals surface area contributed by atoms with Gasteiger partial charge >= 0.3 is 6.09 Å². The number of nitrogens with zero attached hydrogens (tertiary/aromatic N) is 2. The standard InChI is InChI=1S/C28H27Cl2N3O3/c1-4-32(5-2)28(35)36-24-14-13-23-20(15-16-33(23)17-19-11-9-18(3)10-12-19)26(24)31-27(34)25-21(29)7-6-8-22(25)30/h6-16H,4-5,17H2,1-3H3,(H,31,34). The first kappa shape index (κ1) is 25.6. The van der Waals surface area contributed by atoms with Gasteiger partial charge in [-0.2, -0.15) is 0 Å². The van der Waals surface area contributed by atoms with E-state index in [2.05, 4.69) is 41.1 Å². The van der Waals surface area contributed by atoms with Gasteiger partial charge in [-0.05, 0) is 56.7 Å². The van der Waals surface area contributed by atoms with E-state index in [0.29, 0.717) is 25.3 Å². The van der Waals surface area contributed by atoms with Crippen LogP contribution >= 0.6 is 23.2 Å². The van der Waals surface area contributed by atoms with E-state index in [-0.39, 0.29) is 21.4 Å². The molecule has 4 aromatic rings. The van der Waals surface area contributed by atoms with Crippen molar-refractivity contribution in [3.8, 4) is 5.75 Å². The highest BCUT2D eigenvalue weighted by Crippen LogP contribution is 2.36. The molecule has 186 valence electrons. The largest absolute Gasteiger partial charge is 0.415 e. The maximum Gasteiger partial charge on any atom is 0.415 e. The van der Waals surface area contributed by atoms with Gasteiger partial charge in [0, 0.05) is 31.2 Å². The molecule has 0 radical (unpaired) electrons. The van der Waals surface area contributed by atoms with E-state index in [0.717, 1.165) is 16.5 Å². The summed E-state index contributed by atoms with van der Waals surface area (Å²) >= 11 is 12.6. The number of aryl methyl sites for hydroxylation is 1. The van der Waals surface area contributed by atoms with Crippen molar-refractivity contribution in [3.05, 3.63) is 93.6 Å². The normalized spacial score (nSPS) is 10.9. The summed E-state index contributed by atoms with van der Waals surface area (Å²) in [4.78, 5) is 27.6. The zero-order valence-electron chi connectivity index (χ0n) is 20.3. The first-order valence-electron chi connectivity index (χ1n) is 11.7. The number of hydrogen-bond acceptors (Lipinski definition) is 3. The molecule has 36 heavy (non-hydrogen) atoms. The Bertz CT molecular complexity index is 1390. The minimum Gasteiger partial charge on any atom is -0.408 e. The summed E-state index contributed by atoms with van der Waals surface area (Å²) in [6, 6.07) is 18.7. The first-order valence-corrected chi connectivity index (χ1v) is 12.5. The Morgan fingerprint density at radius 2 is 1.61 bits per heavy atom. The topological polar surface area (TPSA) is 63.6 Å². The zero-order chi connectivity index (χ0) is 25.8. The van der Waals surface area contributed by atoms with Gasteiger partial charge in [0.2, 0.25) is 0 Å². The molecule has 0 aliphatic heterocycles. The molecular weight excluding hydrogens is 497 g/mol. The van der Waals surface area contributed by atoms with Crippen molar-refractivity contribution in [3.63, 3.8) is 0 Å². The van der Waals surface area contributed by atoms with Crippen molar-refractivity contribution >= 4 is 51.8 Å². The molecule has 3 aromatic carbocycles. The quantitative estimate of drug-likeness (QED) is 0.274. The van der Waals surface area contributed by atoms with Gasteiger partial charge in [0.15, 0.2) is 5.75 Å². The van der Waals surface area contributed by atoms with Crippen LogP contribution in [0.3, 0.4) is 0 Å². The van der Waals surface area contributed by atoms with E-state index >= 15 is 0 Å². The van der Waals surface area contributed by atoms with Crippen LogP contribution in [0.25, 0.3) is 10.9 Å². The molecule has 0 aliphatic rings. The summed E-state index contributed by atoms with van der Waals surface area (Å²) in [7, 11) is 0. The molecule has 1 aromatic heterocycles. The van der Waals surface area contributed by atoms with Gasteiger partial charge in [-0.1, -0.05) is 59.1 Å². The molecule has 4 rings (SSSR count). The maximum absolute atomic E-state index is 13.3. The minimum absolute atomic E-state index is 0.151. The lowest BCUT2D eigenvalue weighted by Gasteiger charge is -2.20. The van der Waals surface area contributed by atoms with Crippen LogP contribution in [0.4, 0.5) is 10.5 Å². The Morgan fingerprint density at radius 3 is 2.25 bits per heavy atom. The van der Waals surface area contributed by atoms with Crippen LogP contribution in [0.5, 0.6) is 5.75 Å². The third-order valence-electron chi connectivity index (χ3n) is 6.04. The van der Waals surface area contributed by atoms with Crippen LogP contribution in [0.1, 0.15) is 35.3 Å².